The lowest BCUT2D eigenvalue weighted by Crippen LogP contribution is -2.49. The Balaban J connectivity index is 0.000000360. The SMILES string of the molecule is Cc1noc(C)c1CN1CC[C@H]2O[C@@H](C(=O)NC3CCCC3)CC[C@H]21.O=C(O)C(F)(F)F. The third-order valence-electron chi connectivity index (χ3n) is 6.44. The number of nitrogens with zero attached hydrogens (tertiary/aromatic N) is 2. The lowest BCUT2D eigenvalue weighted by Gasteiger charge is -2.35. The van der Waals surface area contributed by atoms with Crippen LogP contribution in [0.2, 0.25) is 0 Å². The number of alkyl halides is 3. The predicted octanol–water partition coefficient (Wildman–Crippen LogP) is 3.11. The average molecular weight is 461 g/mol. The minimum absolute atomic E-state index is 0.106. The molecule has 3 aliphatic rings. The van der Waals surface area contributed by atoms with Crippen molar-refractivity contribution in [3.05, 3.63) is 17.0 Å². The molecule has 0 spiro atoms. The van der Waals surface area contributed by atoms with E-state index in [1.807, 2.05) is 13.8 Å². The predicted molar refractivity (Wildman–Crippen MR) is 107 cm³/mol. The van der Waals surface area contributed by atoms with Gasteiger partial charge in [-0.1, -0.05) is 18.0 Å². The van der Waals surface area contributed by atoms with Crippen LogP contribution in [-0.4, -0.2) is 64.1 Å². The molecular weight excluding hydrogens is 431 g/mol. The highest BCUT2D eigenvalue weighted by molar-refractivity contribution is 5.81. The van der Waals surface area contributed by atoms with E-state index in [-0.39, 0.29) is 18.1 Å². The highest BCUT2D eigenvalue weighted by atomic mass is 19.4. The smallest absolute Gasteiger partial charge is 0.475 e. The molecule has 0 unspecified atom stereocenters. The van der Waals surface area contributed by atoms with Crippen LogP contribution >= 0.6 is 0 Å². The first-order valence-corrected chi connectivity index (χ1v) is 11.0. The van der Waals surface area contributed by atoms with Gasteiger partial charge in [0.1, 0.15) is 11.9 Å². The fourth-order valence-corrected chi connectivity index (χ4v) is 4.70. The van der Waals surface area contributed by atoms with Gasteiger partial charge in [0.15, 0.2) is 0 Å². The molecule has 4 rings (SSSR count). The van der Waals surface area contributed by atoms with E-state index >= 15 is 0 Å². The van der Waals surface area contributed by atoms with Gasteiger partial charge >= 0.3 is 12.1 Å². The van der Waals surface area contributed by atoms with Crippen molar-refractivity contribution in [2.24, 2.45) is 0 Å². The zero-order chi connectivity index (χ0) is 23.5. The second-order valence-electron chi connectivity index (χ2n) is 8.66. The van der Waals surface area contributed by atoms with Crippen LogP contribution in [0, 0.1) is 13.8 Å². The Morgan fingerprint density at radius 1 is 1.16 bits per heavy atom. The molecule has 1 aromatic rings. The van der Waals surface area contributed by atoms with Crippen molar-refractivity contribution in [3.8, 4) is 0 Å². The molecule has 1 amide bonds. The van der Waals surface area contributed by atoms with Crippen LogP contribution in [0.25, 0.3) is 0 Å². The van der Waals surface area contributed by atoms with E-state index < -0.39 is 12.1 Å². The Hall–Kier alpha value is -2.14. The largest absolute Gasteiger partial charge is 0.490 e. The van der Waals surface area contributed by atoms with E-state index in [0.29, 0.717) is 12.1 Å². The van der Waals surface area contributed by atoms with Crippen molar-refractivity contribution in [3.63, 3.8) is 0 Å². The van der Waals surface area contributed by atoms with Crippen molar-refractivity contribution >= 4 is 11.9 Å². The molecule has 1 aromatic heterocycles. The van der Waals surface area contributed by atoms with Crippen molar-refractivity contribution in [1.29, 1.82) is 0 Å². The van der Waals surface area contributed by atoms with Crippen LogP contribution < -0.4 is 5.32 Å². The molecule has 3 fully saturated rings. The van der Waals surface area contributed by atoms with Gasteiger partial charge < -0.3 is 19.7 Å². The standard InChI is InChI=1S/C19H29N3O3.C2HF3O2/c1-12-15(13(2)25-21-12)11-22-10-9-17-16(22)7-8-18(24-17)19(23)20-14-5-3-4-6-14;3-2(4,5)1(6)7/h14,16-18H,3-11H2,1-2H3,(H,20,23);(H,6,7)/t16-,17-,18-;/m1./s1. The van der Waals surface area contributed by atoms with E-state index in [2.05, 4.69) is 15.4 Å². The van der Waals surface area contributed by atoms with Gasteiger partial charge in [-0.25, -0.2) is 4.79 Å². The number of aliphatic carboxylic acids is 1. The number of likely N-dealkylation sites (tertiary alicyclic amines) is 1. The normalized spacial score (nSPS) is 26.3. The number of amides is 1. The first-order chi connectivity index (χ1) is 15.1. The Morgan fingerprint density at radius 3 is 2.38 bits per heavy atom. The molecule has 2 aliphatic heterocycles. The number of hydrogen-bond acceptors (Lipinski definition) is 6. The molecule has 8 nitrogen and oxygen atoms in total. The number of fused-ring (bicyclic) bond motifs is 1. The fourth-order valence-electron chi connectivity index (χ4n) is 4.70. The van der Waals surface area contributed by atoms with Gasteiger partial charge in [-0.3, -0.25) is 9.69 Å². The van der Waals surface area contributed by atoms with Gasteiger partial charge in [0, 0.05) is 30.7 Å². The molecule has 11 heteroatoms. The summed E-state index contributed by atoms with van der Waals surface area (Å²) in [5.74, 6) is -1.74. The van der Waals surface area contributed by atoms with Crippen LogP contribution in [0.4, 0.5) is 13.2 Å². The summed E-state index contributed by atoms with van der Waals surface area (Å²) < 4.78 is 43.2. The summed E-state index contributed by atoms with van der Waals surface area (Å²) in [5, 5.41) is 14.4. The molecule has 180 valence electrons. The van der Waals surface area contributed by atoms with Gasteiger partial charge in [-0.15, -0.1) is 0 Å². The number of carbonyl (C=O) groups excluding carboxylic acids is 1. The van der Waals surface area contributed by atoms with Gasteiger partial charge in [-0.05, 0) is 46.0 Å². The average Bonchev–Trinajstić information content (AvgIpc) is 3.45. The summed E-state index contributed by atoms with van der Waals surface area (Å²) in [6, 6.07) is 0.776. The minimum atomic E-state index is -5.08. The number of rotatable bonds is 4. The van der Waals surface area contributed by atoms with Crippen molar-refractivity contribution in [2.75, 3.05) is 6.54 Å². The Kier molecular flexibility index (Phi) is 7.81. The lowest BCUT2D eigenvalue weighted by atomic mass is 9.98. The van der Waals surface area contributed by atoms with Crippen LogP contribution in [-0.2, 0) is 20.9 Å². The molecule has 0 bridgehead atoms. The molecule has 3 heterocycles. The first-order valence-electron chi connectivity index (χ1n) is 11.0. The van der Waals surface area contributed by atoms with Crippen LogP contribution in [0.1, 0.15) is 62.0 Å². The molecular formula is C21H30F3N3O5. The van der Waals surface area contributed by atoms with E-state index in [0.717, 1.165) is 56.6 Å². The number of aryl methyl sites for hydroxylation is 2. The lowest BCUT2D eigenvalue weighted by molar-refractivity contribution is -0.192. The van der Waals surface area contributed by atoms with E-state index in [1.54, 1.807) is 0 Å². The molecule has 2 N–H and O–H groups in total. The third-order valence-corrected chi connectivity index (χ3v) is 6.44. The molecule has 3 atom stereocenters. The zero-order valence-corrected chi connectivity index (χ0v) is 18.3. The van der Waals surface area contributed by atoms with Crippen LogP contribution in [0.15, 0.2) is 4.52 Å². The summed E-state index contributed by atoms with van der Waals surface area (Å²) in [6.07, 6.45) is 2.38. The number of aromatic nitrogens is 1. The number of carboxylic acid groups (broad SMARTS) is 1. The monoisotopic (exact) mass is 461 g/mol. The number of nitrogens with one attached hydrogen (secondary N) is 1. The van der Waals surface area contributed by atoms with Gasteiger partial charge in [0.25, 0.3) is 0 Å². The Labute approximate surface area is 184 Å². The van der Waals surface area contributed by atoms with Crippen molar-refractivity contribution in [1.82, 2.24) is 15.4 Å². The quantitative estimate of drug-likeness (QED) is 0.710. The second-order valence-corrected chi connectivity index (χ2v) is 8.66. The first kappa shape index (κ1) is 24.5. The number of ether oxygens (including phenoxy) is 1. The highest BCUT2D eigenvalue weighted by Crippen LogP contribution is 2.33. The molecule has 0 aromatic carbocycles. The Morgan fingerprint density at radius 2 is 1.81 bits per heavy atom. The summed E-state index contributed by atoms with van der Waals surface area (Å²) in [4.78, 5) is 23.9. The summed E-state index contributed by atoms with van der Waals surface area (Å²) >= 11 is 0. The van der Waals surface area contributed by atoms with Gasteiger partial charge in [0.05, 0.1) is 11.8 Å². The van der Waals surface area contributed by atoms with Crippen molar-refractivity contribution in [2.45, 2.75) is 95.8 Å². The Bertz CT molecular complexity index is 788. The molecule has 2 saturated heterocycles. The maximum absolute atomic E-state index is 12.5. The van der Waals surface area contributed by atoms with Crippen molar-refractivity contribution < 1.29 is 37.1 Å². The number of carbonyl (C=O) groups is 2. The maximum atomic E-state index is 12.5. The summed E-state index contributed by atoms with van der Waals surface area (Å²) in [5.41, 5.74) is 2.17. The molecule has 32 heavy (non-hydrogen) atoms. The number of hydrogen-bond donors (Lipinski definition) is 2. The summed E-state index contributed by atoms with van der Waals surface area (Å²) in [7, 11) is 0. The molecule has 1 aliphatic carbocycles. The molecule has 0 radical (unpaired) electrons. The summed E-state index contributed by atoms with van der Waals surface area (Å²) in [6.45, 7) is 5.85. The van der Waals surface area contributed by atoms with E-state index in [4.69, 9.17) is 19.2 Å². The third kappa shape index (κ3) is 6.00. The molecule has 1 saturated carbocycles. The number of carboxylic acids is 1. The number of halogens is 3. The topological polar surface area (TPSA) is 105 Å². The fraction of sp³-hybridized carbons (Fsp3) is 0.762. The highest BCUT2D eigenvalue weighted by Gasteiger charge is 2.42. The van der Waals surface area contributed by atoms with Gasteiger partial charge in [0.2, 0.25) is 5.91 Å². The van der Waals surface area contributed by atoms with Crippen LogP contribution in [0.5, 0.6) is 0 Å². The van der Waals surface area contributed by atoms with Gasteiger partial charge in [-0.2, -0.15) is 13.2 Å². The van der Waals surface area contributed by atoms with E-state index in [9.17, 15) is 18.0 Å². The van der Waals surface area contributed by atoms with E-state index in [1.165, 1.54) is 18.4 Å². The second kappa shape index (κ2) is 10.2. The zero-order valence-electron chi connectivity index (χ0n) is 18.3. The minimum Gasteiger partial charge on any atom is -0.475 e. The maximum Gasteiger partial charge on any atom is 0.490 e. The van der Waals surface area contributed by atoms with Crippen LogP contribution in [0.3, 0.4) is 0 Å².